The van der Waals surface area contributed by atoms with Crippen molar-refractivity contribution in [1.29, 1.82) is 0 Å². The quantitative estimate of drug-likeness (QED) is 0.0919. The molecule has 0 aromatic heterocycles. The third kappa shape index (κ3) is 5.31. The maximum absolute atomic E-state index is 4.26. The molecule has 3 aliphatic rings. The molecule has 1 fully saturated rings. The second-order valence-electron chi connectivity index (χ2n) is 14.7. The van der Waals surface area contributed by atoms with Crippen LogP contribution in [0.4, 0.5) is 11.4 Å². The molecule has 2 heteroatoms. The monoisotopic (exact) mass is 619 g/mol. The van der Waals surface area contributed by atoms with E-state index in [4.69, 9.17) is 0 Å². The van der Waals surface area contributed by atoms with Gasteiger partial charge in [0.25, 0.3) is 0 Å². The van der Waals surface area contributed by atoms with Crippen molar-refractivity contribution in [2.45, 2.75) is 82.5 Å². The molecule has 47 heavy (non-hydrogen) atoms. The minimum Gasteiger partial charge on any atom is -0.344 e. The zero-order valence-electron chi connectivity index (χ0n) is 28.8. The highest BCUT2D eigenvalue weighted by Gasteiger charge is 2.47. The van der Waals surface area contributed by atoms with Crippen LogP contribution in [0.3, 0.4) is 0 Å². The summed E-state index contributed by atoms with van der Waals surface area (Å²) < 4.78 is 2.40. The van der Waals surface area contributed by atoms with E-state index in [1.54, 1.807) is 0 Å². The van der Waals surface area contributed by atoms with Crippen LogP contribution in [0.25, 0.3) is 21.5 Å². The first kappa shape index (κ1) is 31.4. The number of unbranched alkanes of at least 4 members (excludes halogenated alkanes) is 1. The second kappa shape index (κ2) is 12.8. The lowest BCUT2D eigenvalue weighted by molar-refractivity contribution is -0.401. The number of hydrogen-bond acceptors (Lipinski definition) is 1. The van der Waals surface area contributed by atoms with Gasteiger partial charge in [0.1, 0.15) is 7.05 Å². The molecule has 2 atom stereocenters. The van der Waals surface area contributed by atoms with Gasteiger partial charge in [-0.05, 0) is 84.3 Å². The number of fused-ring (bicyclic) bond motifs is 6. The van der Waals surface area contributed by atoms with Crippen LogP contribution in [0.15, 0.2) is 122 Å². The summed E-state index contributed by atoms with van der Waals surface area (Å²) in [4.78, 5) is 2.65. The lowest BCUT2D eigenvalue weighted by atomic mass is 9.74. The highest BCUT2D eigenvalue weighted by molar-refractivity contribution is 6.08. The molecule has 1 aliphatic carbocycles. The van der Waals surface area contributed by atoms with E-state index in [1.165, 1.54) is 100 Å². The molecular weight excluding hydrogens is 569 g/mol. The average Bonchev–Trinajstić information content (AvgIpc) is 3.74. The summed E-state index contributed by atoms with van der Waals surface area (Å²) in [6.07, 6.45) is 22.7. The van der Waals surface area contributed by atoms with E-state index in [0.717, 1.165) is 25.3 Å². The standard InChI is InChI=1S/C45H51N2/c1-6-30-44(3)40(46(5)38-28-26-34-20-10-12-22-36(34)42(38)44)24-16-25-41-45(4,31-7-2)43-37-23-13-11-21-35(37)27-29-39(43)47(41)32-15-14-19-33-17-8-9-18-33/h6-7,10-13,16,20-29,33H,1-2,8-9,14-15,17-19,30-32H2,3-5H3/q+1. The first-order chi connectivity index (χ1) is 22.9. The SMILES string of the molecule is C=CCC1(C)C(=CC=CC2=[N+](C)c3ccc4ccccc4c3C2(C)CC=C)N(CCCCC2CCCC2)c2ccc3ccccc3c21. The largest absolute Gasteiger partial charge is 0.344 e. The van der Waals surface area contributed by atoms with Crippen molar-refractivity contribution < 1.29 is 4.58 Å². The third-order valence-corrected chi connectivity index (χ3v) is 11.7. The third-order valence-electron chi connectivity index (χ3n) is 11.7. The summed E-state index contributed by atoms with van der Waals surface area (Å²) in [5, 5.41) is 5.31. The van der Waals surface area contributed by atoms with Crippen molar-refractivity contribution in [3.63, 3.8) is 0 Å². The van der Waals surface area contributed by atoms with Crippen molar-refractivity contribution in [1.82, 2.24) is 0 Å². The van der Waals surface area contributed by atoms with Gasteiger partial charge in [0.2, 0.25) is 5.69 Å². The van der Waals surface area contributed by atoms with Crippen molar-refractivity contribution in [2.75, 3.05) is 18.5 Å². The van der Waals surface area contributed by atoms with Crippen LogP contribution in [0, 0.1) is 5.92 Å². The fourth-order valence-electron chi connectivity index (χ4n) is 9.40. The Morgan fingerprint density at radius 2 is 1.43 bits per heavy atom. The molecule has 4 aromatic rings. The van der Waals surface area contributed by atoms with Crippen molar-refractivity contribution in [3.8, 4) is 0 Å². The number of allylic oxidation sites excluding steroid dienone is 6. The van der Waals surface area contributed by atoms with Crippen LogP contribution in [0.2, 0.25) is 0 Å². The van der Waals surface area contributed by atoms with E-state index in [2.05, 4.69) is 147 Å². The van der Waals surface area contributed by atoms with E-state index >= 15 is 0 Å². The summed E-state index contributed by atoms with van der Waals surface area (Å²) in [7, 11) is 2.23. The zero-order valence-corrected chi connectivity index (χ0v) is 28.8. The predicted octanol–water partition coefficient (Wildman–Crippen LogP) is 11.7. The van der Waals surface area contributed by atoms with Gasteiger partial charge in [-0.15, -0.1) is 13.2 Å². The summed E-state index contributed by atoms with van der Waals surface area (Å²) >= 11 is 0. The molecule has 0 N–H and O–H groups in total. The van der Waals surface area contributed by atoms with Crippen LogP contribution >= 0.6 is 0 Å². The summed E-state index contributed by atoms with van der Waals surface area (Å²) in [5.41, 5.74) is 7.89. The van der Waals surface area contributed by atoms with Gasteiger partial charge in [-0.2, -0.15) is 4.58 Å². The Balaban J connectivity index is 1.29. The van der Waals surface area contributed by atoms with Gasteiger partial charge in [-0.25, -0.2) is 0 Å². The minimum absolute atomic E-state index is 0.163. The molecule has 2 unspecified atom stereocenters. The van der Waals surface area contributed by atoms with Gasteiger partial charge in [-0.1, -0.05) is 111 Å². The molecule has 0 radical (unpaired) electrons. The minimum atomic E-state index is -0.166. The second-order valence-corrected chi connectivity index (χ2v) is 14.7. The van der Waals surface area contributed by atoms with Crippen molar-refractivity contribution >= 4 is 38.6 Å². The number of anilines is 1. The molecule has 7 rings (SSSR count). The number of rotatable bonds is 11. The topological polar surface area (TPSA) is 6.25 Å². The molecular formula is C45H51N2+. The summed E-state index contributed by atoms with van der Waals surface area (Å²) in [5.74, 6) is 0.945. The van der Waals surface area contributed by atoms with Crippen molar-refractivity contribution in [3.05, 3.63) is 133 Å². The van der Waals surface area contributed by atoms with Gasteiger partial charge >= 0.3 is 0 Å². The molecule has 2 aliphatic heterocycles. The Hall–Kier alpha value is -4.17. The van der Waals surface area contributed by atoms with E-state index < -0.39 is 0 Å². The van der Waals surface area contributed by atoms with Crippen LogP contribution in [0.1, 0.15) is 82.8 Å². The van der Waals surface area contributed by atoms with E-state index in [1.807, 2.05) is 0 Å². The Morgan fingerprint density at radius 3 is 2.13 bits per heavy atom. The normalized spacial score (nSPS) is 23.5. The number of benzene rings is 4. The number of hydrogen-bond donors (Lipinski definition) is 0. The van der Waals surface area contributed by atoms with Crippen LogP contribution in [0.5, 0.6) is 0 Å². The Bertz CT molecular complexity index is 1930. The predicted molar refractivity (Wildman–Crippen MR) is 203 cm³/mol. The smallest absolute Gasteiger partial charge is 0.210 e. The molecule has 240 valence electrons. The first-order valence-electron chi connectivity index (χ1n) is 17.9. The highest BCUT2D eigenvalue weighted by atomic mass is 15.2. The lowest BCUT2D eigenvalue weighted by Gasteiger charge is -2.30. The van der Waals surface area contributed by atoms with Gasteiger partial charge < -0.3 is 4.90 Å². The van der Waals surface area contributed by atoms with E-state index in [0.29, 0.717) is 0 Å². The molecule has 0 saturated heterocycles. The highest BCUT2D eigenvalue weighted by Crippen LogP contribution is 2.53. The van der Waals surface area contributed by atoms with E-state index in [-0.39, 0.29) is 10.8 Å². The van der Waals surface area contributed by atoms with Gasteiger partial charge in [0.15, 0.2) is 5.71 Å². The Morgan fingerprint density at radius 1 is 0.787 bits per heavy atom. The first-order valence-corrected chi connectivity index (χ1v) is 17.9. The van der Waals surface area contributed by atoms with Crippen LogP contribution in [-0.4, -0.2) is 23.9 Å². The van der Waals surface area contributed by atoms with Gasteiger partial charge in [0.05, 0.1) is 5.41 Å². The molecule has 1 saturated carbocycles. The molecule has 2 heterocycles. The van der Waals surface area contributed by atoms with Crippen LogP contribution in [-0.2, 0) is 10.8 Å². The Labute approximate surface area is 282 Å². The lowest BCUT2D eigenvalue weighted by Crippen LogP contribution is -2.30. The number of nitrogens with zero attached hydrogens (tertiary/aromatic N) is 2. The van der Waals surface area contributed by atoms with E-state index in [9.17, 15) is 0 Å². The molecule has 0 bridgehead atoms. The molecule has 4 aromatic carbocycles. The molecule has 0 amide bonds. The zero-order chi connectivity index (χ0) is 32.6. The molecule has 0 spiro atoms. The average molecular weight is 620 g/mol. The van der Waals surface area contributed by atoms with Gasteiger partial charge in [-0.3, -0.25) is 0 Å². The summed E-state index contributed by atoms with van der Waals surface area (Å²) in [6.45, 7) is 14.3. The maximum Gasteiger partial charge on any atom is 0.210 e. The molecule has 2 nitrogen and oxygen atoms in total. The summed E-state index contributed by atoms with van der Waals surface area (Å²) in [6, 6.07) is 27.0. The maximum atomic E-state index is 4.26. The fraction of sp³-hybridized carbons (Fsp3) is 0.356. The Kier molecular flexibility index (Phi) is 8.56. The van der Waals surface area contributed by atoms with Crippen molar-refractivity contribution in [2.24, 2.45) is 5.92 Å². The fourth-order valence-corrected chi connectivity index (χ4v) is 9.40. The van der Waals surface area contributed by atoms with Crippen LogP contribution < -0.4 is 4.90 Å². The van der Waals surface area contributed by atoms with Gasteiger partial charge in [0, 0.05) is 41.1 Å².